The van der Waals surface area contributed by atoms with Crippen LogP contribution in [0.3, 0.4) is 0 Å². The number of carbonyl (C=O) groups excluding carboxylic acids is 1. The van der Waals surface area contributed by atoms with Gasteiger partial charge in [0.15, 0.2) is 11.5 Å². The summed E-state index contributed by atoms with van der Waals surface area (Å²) in [6.07, 6.45) is -0.00214. The highest BCUT2D eigenvalue weighted by atomic mass is 32.2. The van der Waals surface area contributed by atoms with Gasteiger partial charge in [-0.2, -0.15) is 0 Å². The fraction of sp³-hybridized carbons (Fsp3) is 0.296. The number of aryl methyl sites for hydroxylation is 2. The Bertz CT molecular complexity index is 1250. The maximum Gasteiger partial charge on any atom is 0.264 e. The summed E-state index contributed by atoms with van der Waals surface area (Å²) in [4.78, 5) is 13.0. The summed E-state index contributed by atoms with van der Waals surface area (Å²) in [5.74, 6) is 0.753. The van der Waals surface area contributed by atoms with Crippen LogP contribution in [0.25, 0.3) is 0 Å². The third kappa shape index (κ3) is 6.76. The second-order valence-electron chi connectivity index (χ2n) is 8.59. The average Bonchev–Trinajstić information content (AvgIpc) is 2.82. The molecule has 0 radical (unpaired) electrons. The Morgan fingerprint density at radius 2 is 1.51 bits per heavy atom. The van der Waals surface area contributed by atoms with E-state index in [0.717, 1.165) is 21.0 Å². The molecule has 1 amide bonds. The van der Waals surface area contributed by atoms with Crippen LogP contribution >= 0.6 is 0 Å². The number of methoxy groups -OCH3 is 1. The molecule has 0 saturated heterocycles. The predicted molar refractivity (Wildman–Crippen MR) is 137 cm³/mol. The second-order valence-corrected chi connectivity index (χ2v) is 10.5. The molecular weight excluding hydrogens is 464 g/mol. The normalized spacial score (nSPS) is 11.3. The second kappa shape index (κ2) is 11.3. The van der Waals surface area contributed by atoms with Gasteiger partial charge in [-0.3, -0.25) is 9.10 Å². The number of hydrogen-bond acceptors (Lipinski definition) is 5. The Kier molecular flexibility index (Phi) is 8.40. The lowest BCUT2D eigenvalue weighted by molar-refractivity contribution is -0.119. The molecule has 0 unspecified atom stereocenters. The van der Waals surface area contributed by atoms with Crippen LogP contribution in [0.4, 0.5) is 5.69 Å². The highest BCUT2D eigenvalue weighted by Gasteiger charge is 2.27. The summed E-state index contributed by atoms with van der Waals surface area (Å²) in [7, 11) is -2.40. The summed E-state index contributed by atoms with van der Waals surface area (Å²) < 4.78 is 39.2. The van der Waals surface area contributed by atoms with Crippen molar-refractivity contribution in [3.8, 4) is 11.5 Å². The molecule has 35 heavy (non-hydrogen) atoms. The van der Waals surface area contributed by atoms with Crippen molar-refractivity contribution in [3.05, 3.63) is 83.4 Å². The smallest absolute Gasteiger partial charge is 0.264 e. The number of nitrogens with zero attached hydrogens (tertiary/aromatic N) is 1. The Balaban J connectivity index is 1.79. The standard InChI is InChI=1S/C27H32N2O5S/c1-19(2)34-25-15-10-22(16-26(25)33-5)17-28-27(30)18-29(23-11-6-20(3)7-12-23)35(31,32)24-13-8-21(4)9-14-24/h6-16,19H,17-18H2,1-5H3,(H,28,30). The van der Waals surface area contributed by atoms with Crippen molar-refractivity contribution in [1.29, 1.82) is 0 Å². The summed E-state index contributed by atoms with van der Waals surface area (Å²) >= 11 is 0. The zero-order valence-electron chi connectivity index (χ0n) is 20.7. The molecule has 0 bridgehead atoms. The summed E-state index contributed by atoms with van der Waals surface area (Å²) in [6.45, 7) is 7.52. The molecule has 0 aliphatic rings. The molecule has 0 atom stereocenters. The number of sulfonamides is 1. The SMILES string of the molecule is COc1cc(CNC(=O)CN(c2ccc(C)cc2)S(=O)(=O)c2ccc(C)cc2)ccc1OC(C)C. The van der Waals surface area contributed by atoms with E-state index in [1.807, 2.05) is 45.9 Å². The molecule has 8 heteroatoms. The largest absolute Gasteiger partial charge is 0.493 e. The van der Waals surface area contributed by atoms with Gasteiger partial charge in [-0.05, 0) is 69.7 Å². The molecule has 186 valence electrons. The zero-order chi connectivity index (χ0) is 25.6. The number of carbonyl (C=O) groups is 1. The highest BCUT2D eigenvalue weighted by molar-refractivity contribution is 7.92. The molecule has 1 N–H and O–H groups in total. The fourth-order valence-corrected chi connectivity index (χ4v) is 4.84. The number of anilines is 1. The van der Waals surface area contributed by atoms with Gasteiger partial charge in [0.25, 0.3) is 10.0 Å². The minimum Gasteiger partial charge on any atom is -0.493 e. The van der Waals surface area contributed by atoms with Crippen molar-refractivity contribution >= 4 is 21.6 Å². The van der Waals surface area contributed by atoms with Crippen LogP contribution in [0, 0.1) is 13.8 Å². The lowest BCUT2D eigenvalue weighted by Gasteiger charge is -2.24. The Hall–Kier alpha value is -3.52. The van der Waals surface area contributed by atoms with Crippen molar-refractivity contribution in [2.45, 2.75) is 45.2 Å². The third-order valence-electron chi connectivity index (χ3n) is 5.30. The first-order valence-electron chi connectivity index (χ1n) is 11.4. The third-order valence-corrected chi connectivity index (χ3v) is 7.09. The van der Waals surface area contributed by atoms with Crippen LogP contribution in [-0.4, -0.2) is 34.1 Å². The first kappa shape index (κ1) is 26.1. The van der Waals surface area contributed by atoms with Crippen LogP contribution in [0.2, 0.25) is 0 Å². The number of rotatable bonds is 10. The monoisotopic (exact) mass is 496 g/mol. The van der Waals surface area contributed by atoms with Crippen molar-refractivity contribution in [2.75, 3.05) is 18.0 Å². The minimum atomic E-state index is -3.95. The van der Waals surface area contributed by atoms with Gasteiger partial charge in [0, 0.05) is 6.54 Å². The van der Waals surface area contributed by atoms with E-state index in [-0.39, 0.29) is 24.1 Å². The van der Waals surface area contributed by atoms with Gasteiger partial charge in [-0.1, -0.05) is 41.5 Å². The number of hydrogen-bond donors (Lipinski definition) is 1. The maximum atomic E-state index is 13.5. The van der Waals surface area contributed by atoms with Crippen molar-refractivity contribution in [3.63, 3.8) is 0 Å². The van der Waals surface area contributed by atoms with E-state index < -0.39 is 15.9 Å². The topological polar surface area (TPSA) is 84.9 Å². The van der Waals surface area contributed by atoms with Crippen LogP contribution < -0.4 is 19.1 Å². The summed E-state index contributed by atoms with van der Waals surface area (Å²) in [5.41, 5.74) is 3.16. The predicted octanol–water partition coefficient (Wildman–Crippen LogP) is 4.61. The van der Waals surface area contributed by atoms with Crippen LogP contribution in [0.5, 0.6) is 11.5 Å². The molecule has 3 aromatic rings. The minimum absolute atomic E-state index is 0.00214. The maximum absolute atomic E-state index is 13.5. The number of amides is 1. The van der Waals surface area contributed by atoms with E-state index in [9.17, 15) is 13.2 Å². The van der Waals surface area contributed by atoms with Gasteiger partial charge in [0.1, 0.15) is 6.54 Å². The fourth-order valence-electron chi connectivity index (χ4n) is 3.42. The molecule has 0 spiro atoms. The molecule has 7 nitrogen and oxygen atoms in total. The first-order chi connectivity index (χ1) is 16.6. The Labute approximate surface area is 207 Å². The van der Waals surface area contributed by atoms with Gasteiger partial charge in [-0.25, -0.2) is 8.42 Å². The van der Waals surface area contributed by atoms with Crippen molar-refractivity contribution in [2.24, 2.45) is 0 Å². The molecule has 0 aromatic heterocycles. The van der Waals surface area contributed by atoms with E-state index in [1.54, 1.807) is 55.6 Å². The van der Waals surface area contributed by atoms with E-state index in [1.165, 1.54) is 0 Å². The van der Waals surface area contributed by atoms with Crippen molar-refractivity contribution < 1.29 is 22.7 Å². The van der Waals surface area contributed by atoms with E-state index in [0.29, 0.717) is 17.2 Å². The molecule has 3 rings (SSSR count). The summed E-state index contributed by atoms with van der Waals surface area (Å²) in [5, 5.41) is 2.81. The molecule has 0 aliphatic carbocycles. The number of nitrogens with one attached hydrogen (secondary N) is 1. The van der Waals surface area contributed by atoms with Gasteiger partial charge in [0.05, 0.1) is 23.8 Å². The molecule has 0 aliphatic heterocycles. The molecule has 0 heterocycles. The molecule has 0 fully saturated rings. The van der Waals surface area contributed by atoms with Crippen molar-refractivity contribution in [1.82, 2.24) is 5.32 Å². The van der Waals surface area contributed by atoms with E-state index in [2.05, 4.69) is 5.32 Å². The Morgan fingerprint density at radius 1 is 0.914 bits per heavy atom. The first-order valence-corrected chi connectivity index (χ1v) is 12.8. The van der Waals surface area contributed by atoms with E-state index in [4.69, 9.17) is 9.47 Å². The number of ether oxygens (including phenoxy) is 2. The zero-order valence-corrected chi connectivity index (χ0v) is 21.6. The molecule has 3 aromatic carbocycles. The van der Waals surface area contributed by atoms with Gasteiger partial charge >= 0.3 is 0 Å². The van der Waals surface area contributed by atoms with Crippen LogP contribution in [0.1, 0.15) is 30.5 Å². The highest BCUT2D eigenvalue weighted by Crippen LogP contribution is 2.29. The lowest BCUT2D eigenvalue weighted by Crippen LogP contribution is -2.40. The molecular formula is C27H32N2O5S. The quantitative estimate of drug-likeness (QED) is 0.443. The van der Waals surface area contributed by atoms with Crippen LogP contribution in [0.15, 0.2) is 71.6 Å². The Morgan fingerprint density at radius 3 is 2.09 bits per heavy atom. The average molecular weight is 497 g/mol. The summed E-state index contributed by atoms with van der Waals surface area (Å²) in [6, 6.07) is 19.0. The number of benzene rings is 3. The molecule has 0 saturated carbocycles. The van der Waals surface area contributed by atoms with Crippen LogP contribution in [-0.2, 0) is 21.4 Å². The lowest BCUT2D eigenvalue weighted by atomic mass is 10.2. The van der Waals surface area contributed by atoms with Gasteiger partial charge < -0.3 is 14.8 Å². The van der Waals surface area contributed by atoms with Gasteiger partial charge in [-0.15, -0.1) is 0 Å². The van der Waals surface area contributed by atoms with Gasteiger partial charge in [0.2, 0.25) is 5.91 Å². The van der Waals surface area contributed by atoms with E-state index >= 15 is 0 Å².